The van der Waals surface area contributed by atoms with E-state index in [1.807, 2.05) is 26.0 Å². The first kappa shape index (κ1) is 15.0. The Morgan fingerprint density at radius 2 is 1.95 bits per heavy atom. The normalized spacial score (nSPS) is 12.3. The van der Waals surface area contributed by atoms with Gasteiger partial charge in [-0.3, -0.25) is 0 Å². The van der Waals surface area contributed by atoms with E-state index in [4.69, 9.17) is 10.5 Å². The molecule has 2 N–H and O–H groups in total. The molecule has 2 aromatic carbocycles. The van der Waals surface area contributed by atoms with Gasteiger partial charge in [0.2, 0.25) is 0 Å². The van der Waals surface area contributed by atoms with E-state index >= 15 is 0 Å². The number of ether oxygens (including phenoxy) is 1. The van der Waals surface area contributed by atoms with Gasteiger partial charge in [-0.2, -0.15) is 0 Å². The highest BCUT2D eigenvalue weighted by molar-refractivity contribution is 9.10. The summed E-state index contributed by atoms with van der Waals surface area (Å²) in [6.07, 6.45) is 0. The SMILES string of the molecule is COc1c(C)cc(Br)c(C)c1C(N)c1cccc(F)c1. The van der Waals surface area contributed by atoms with E-state index in [-0.39, 0.29) is 5.82 Å². The highest BCUT2D eigenvalue weighted by Gasteiger charge is 2.20. The summed E-state index contributed by atoms with van der Waals surface area (Å²) in [5.74, 6) is 0.462. The quantitative estimate of drug-likeness (QED) is 0.907. The van der Waals surface area contributed by atoms with Crippen molar-refractivity contribution in [1.82, 2.24) is 0 Å². The van der Waals surface area contributed by atoms with Crippen molar-refractivity contribution < 1.29 is 9.13 Å². The van der Waals surface area contributed by atoms with Gasteiger partial charge in [-0.15, -0.1) is 0 Å². The molecule has 0 fully saturated rings. The number of benzene rings is 2. The Labute approximate surface area is 126 Å². The van der Waals surface area contributed by atoms with E-state index in [0.29, 0.717) is 0 Å². The molecule has 2 aromatic rings. The summed E-state index contributed by atoms with van der Waals surface area (Å²) in [5.41, 5.74) is 9.93. The van der Waals surface area contributed by atoms with Gasteiger partial charge in [-0.05, 0) is 48.7 Å². The third-order valence-corrected chi connectivity index (χ3v) is 4.25. The number of hydrogen-bond donors (Lipinski definition) is 1. The maximum absolute atomic E-state index is 13.4. The van der Waals surface area contributed by atoms with E-state index in [1.165, 1.54) is 12.1 Å². The van der Waals surface area contributed by atoms with Crippen molar-refractivity contribution in [2.45, 2.75) is 19.9 Å². The molecular weight excluding hydrogens is 321 g/mol. The van der Waals surface area contributed by atoms with Crippen LogP contribution in [0, 0.1) is 19.7 Å². The average molecular weight is 338 g/mol. The Morgan fingerprint density at radius 3 is 2.55 bits per heavy atom. The number of methoxy groups -OCH3 is 1. The van der Waals surface area contributed by atoms with Crippen molar-refractivity contribution in [1.29, 1.82) is 0 Å². The zero-order valence-electron chi connectivity index (χ0n) is 11.7. The Hall–Kier alpha value is -1.39. The number of halogens is 2. The fourth-order valence-corrected chi connectivity index (χ4v) is 2.94. The van der Waals surface area contributed by atoms with Crippen LogP contribution in [0.3, 0.4) is 0 Å². The number of rotatable bonds is 3. The molecular formula is C16H17BrFNO. The lowest BCUT2D eigenvalue weighted by atomic mass is 9.93. The van der Waals surface area contributed by atoms with Crippen LogP contribution in [0.4, 0.5) is 4.39 Å². The van der Waals surface area contributed by atoms with Crippen LogP contribution in [-0.4, -0.2) is 7.11 Å². The van der Waals surface area contributed by atoms with Crippen LogP contribution in [-0.2, 0) is 0 Å². The Balaban J connectivity index is 2.62. The lowest BCUT2D eigenvalue weighted by molar-refractivity contribution is 0.404. The van der Waals surface area contributed by atoms with Crippen molar-refractivity contribution >= 4 is 15.9 Å². The van der Waals surface area contributed by atoms with Gasteiger partial charge in [0, 0.05) is 10.0 Å². The Kier molecular flexibility index (Phi) is 4.45. The van der Waals surface area contributed by atoms with E-state index in [2.05, 4.69) is 15.9 Å². The molecule has 0 aromatic heterocycles. The minimum Gasteiger partial charge on any atom is -0.496 e. The van der Waals surface area contributed by atoms with Crippen LogP contribution >= 0.6 is 15.9 Å². The van der Waals surface area contributed by atoms with Crippen molar-refractivity contribution in [3.63, 3.8) is 0 Å². The third kappa shape index (κ3) is 2.72. The molecule has 1 atom stereocenters. The van der Waals surface area contributed by atoms with Crippen LogP contribution in [0.2, 0.25) is 0 Å². The van der Waals surface area contributed by atoms with Crippen molar-refractivity contribution in [3.05, 3.63) is 62.9 Å². The van der Waals surface area contributed by atoms with Crippen LogP contribution in [0.5, 0.6) is 5.75 Å². The molecule has 2 rings (SSSR count). The highest BCUT2D eigenvalue weighted by Crippen LogP contribution is 2.37. The van der Waals surface area contributed by atoms with Gasteiger partial charge in [-0.1, -0.05) is 28.1 Å². The third-order valence-electron chi connectivity index (χ3n) is 3.43. The molecule has 0 aliphatic heterocycles. The van der Waals surface area contributed by atoms with E-state index in [0.717, 1.165) is 32.5 Å². The van der Waals surface area contributed by atoms with Crippen molar-refractivity contribution in [2.24, 2.45) is 5.73 Å². The summed E-state index contributed by atoms with van der Waals surface area (Å²) < 4.78 is 19.8. The topological polar surface area (TPSA) is 35.2 Å². The largest absolute Gasteiger partial charge is 0.496 e. The molecule has 0 aliphatic rings. The summed E-state index contributed by atoms with van der Waals surface area (Å²) >= 11 is 3.53. The number of hydrogen-bond acceptors (Lipinski definition) is 2. The fourth-order valence-electron chi connectivity index (χ4n) is 2.39. The zero-order chi connectivity index (χ0) is 14.9. The molecule has 0 heterocycles. The lowest BCUT2D eigenvalue weighted by Gasteiger charge is -2.21. The smallest absolute Gasteiger partial charge is 0.127 e. The molecule has 0 spiro atoms. The van der Waals surface area contributed by atoms with Crippen LogP contribution in [0.15, 0.2) is 34.8 Å². The highest BCUT2D eigenvalue weighted by atomic mass is 79.9. The molecule has 0 bridgehead atoms. The molecule has 0 saturated carbocycles. The number of nitrogens with two attached hydrogens (primary N) is 1. The average Bonchev–Trinajstić information content (AvgIpc) is 2.41. The first-order valence-electron chi connectivity index (χ1n) is 6.30. The Morgan fingerprint density at radius 1 is 1.25 bits per heavy atom. The van der Waals surface area contributed by atoms with Crippen molar-refractivity contribution in [2.75, 3.05) is 7.11 Å². The van der Waals surface area contributed by atoms with Crippen LogP contribution < -0.4 is 10.5 Å². The summed E-state index contributed by atoms with van der Waals surface area (Å²) in [5, 5.41) is 0. The van der Waals surface area contributed by atoms with E-state index < -0.39 is 6.04 Å². The van der Waals surface area contributed by atoms with Gasteiger partial charge in [-0.25, -0.2) is 4.39 Å². The van der Waals surface area contributed by atoms with Gasteiger partial charge < -0.3 is 10.5 Å². The fraction of sp³-hybridized carbons (Fsp3) is 0.250. The first-order chi connectivity index (χ1) is 9.45. The summed E-state index contributed by atoms with van der Waals surface area (Å²) in [7, 11) is 1.62. The second kappa shape index (κ2) is 5.94. The molecule has 2 nitrogen and oxygen atoms in total. The molecule has 1 unspecified atom stereocenters. The van der Waals surface area contributed by atoms with Gasteiger partial charge in [0.15, 0.2) is 0 Å². The lowest BCUT2D eigenvalue weighted by Crippen LogP contribution is -2.15. The van der Waals surface area contributed by atoms with E-state index in [1.54, 1.807) is 13.2 Å². The summed E-state index contributed by atoms with van der Waals surface area (Å²) in [6, 6.07) is 7.92. The van der Waals surface area contributed by atoms with Gasteiger partial charge in [0.25, 0.3) is 0 Å². The minimum absolute atomic E-state index is 0.290. The predicted molar refractivity (Wildman–Crippen MR) is 82.6 cm³/mol. The molecule has 0 radical (unpaired) electrons. The molecule has 106 valence electrons. The Bertz CT molecular complexity index is 643. The second-order valence-corrected chi connectivity index (χ2v) is 5.63. The van der Waals surface area contributed by atoms with Gasteiger partial charge in [0.1, 0.15) is 11.6 Å². The maximum atomic E-state index is 13.4. The van der Waals surface area contributed by atoms with Crippen LogP contribution in [0.1, 0.15) is 28.3 Å². The molecule has 0 saturated heterocycles. The standard InChI is InChI=1S/C16H17BrFNO/c1-9-7-13(17)10(2)14(16(9)20-3)15(19)11-5-4-6-12(18)8-11/h4-8,15H,19H2,1-3H3. The molecule has 4 heteroatoms. The van der Waals surface area contributed by atoms with Crippen molar-refractivity contribution in [3.8, 4) is 5.75 Å². The molecule has 20 heavy (non-hydrogen) atoms. The molecule has 0 amide bonds. The summed E-state index contributed by atoms with van der Waals surface area (Å²) in [6.45, 7) is 3.94. The maximum Gasteiger partial charge on any atom is 0.127 e. The first-order valence-corrected chi connectivity index (χ1v) is 7.09. The second-order valence-electron chi connectivity index (χ2n) is 4.78. The number of aryl methyl sites for hydroxylation is 1. The van der Waals surface area contributed by atoms with E-state index in [9.17, 15) is 4.39 Å². The van der Waals surface area contributed by atoms with Gasteiger partial charge in [0.05, 0.1) is 13.2 Å². The molecule has 0 aliphatic carbocycles. The minimum atomic E-state index is -0.433. The summed E-state index contributed by atoms with van der Waals surface area (Å²) in [4.78, 5) is 0. The predicted octanol–water partition coefficient (Wildman–Crippen LogP) is 4.26. The van der Waals surface area contributed by atoms with Gasteiger partial charge >= 0.3 is 0 Å². The van der Waals surface area contributed by atoms with Crippen LogP contribution in [0.25, 0.3) is 0 Å². The monoisotopic (exact) mass is 337 g/mol. The zero-order valence-corrected chi connectivity index (χ0v) is 13.3.